The maximum Gasteiger partial charge on any atom is 0.263 e. The lowest BCUT2D eigenvalue weighted by Crippen LogP contribution is -2.52. The molecule has 0 saturated carbocycles. The van der Waals surface area contributed by atoms with Crippen LogP contribution in [0.1, 0.15) is 6.92 Å². The first-order chi connectivity index (χ1) is 12.0. The number of anilines is 1. The van der Waals surface area contributed by atoms with Crippen LogP contribution in [0.15, 0.2) is 48.5 Å². The molecule has 2 aromatic carbocycles. The number of halogens is 2. The highest BCUT2D eigenvalue weighted by Gasteiger charge is 2.26. The van der Waals surface area contributed by atoms with Crippen LogP contribution in [-0.4, -0.2) is 43.1 Å². The zero-order valence-corrected chi connectivity index (χ0v) is 15.5. The molecule has 3 rings (SSSR count). The molecular weight excluding hydrogens is 359 g/mol. The van der Waals surface area contributed by atoms with E-state index in [2.05, 4.69) is 4.90 Å². The third kappa shape index (κ3) is 4.59. The van der Waals surface area contributed by atoms with Gasteiger partial charge < -0.3 is 14.5 Å². The molecule has 1 heterocycles. The van der Waals surface area contributed by atoms with Crippen molar-refractivity contribution in [3.63, 3.8) is 0 Å². The average Bonchev–Trinajstić information content (AvgIpc) is 2.61. The number of piperazine rings is 1. The number of nitrogens with zero attached hydrogens (tertiary/aromatic N) is 2. The molecule has 1 amide bonds. The van der Waals surface area contributed by atoms with Gasteiger partial charge in [0.2, 0.25) is 0 Å². The minimum Gasteiger partial charge on any atom is -0.481 e. The SMILES string of the molecule is C[C@@H](Oc1cccc(Cl)c1)C(=O)N1CCN(c2cccc(Cl)c2)CC1. The van der Waals surface area contributed by atoms with Gasteiger partial charge in [0.25, 0.3) is 5.91 Å². The standard InChI is InChI=1S/C19H20Cl2N2O2/c1-14(25-18-7-3-5-16(21)13-18)19(24)23-10-8-22(9-11-23)17-6-2-4-15(20)12-17/h2-7,12-14H,8-11H2,1H3/t14-/m1/s1. The van der Waals surface area contributed by atoms with E-state index in [1.807, 2.05) is 29.2 Å². The Kier molecular flexibility index (Phi) is 5.71. The van der Waals surface area contributed by atoms with Gasteiger partial charge in [0.15, 0.2) is 6.10 Å². The van der Waals surface area contributed by atoms with Crippen molar-refractivity contribution in [3.8, 4) is 5.75 Å². The van der Waals surface area contributed by atoms with Crippen LogP contribution in [0.3, 0.4) is 0 Å². The van der Waals surface area contributed by atoms with Gasteiger partial charge in [-0.05, 0) is 43.3 Å². The topological polar surface area (TPSA) is 32.8 Å². The van der Waals surface area contributed by atoms with Gasteiger partial charge in [-0.15, -0.1) is 0 Å². The first-order valence-corrected chi connectivity index (χ1v) is 9.00. The summed E-state index contributed by atoms with van der Waals surface area (Å²) >= 11 is 12.0. The molecule has 1 saturated heterocycles. The number of hydrogen-bond donors (Lipinski definition) is 0. The molecule has 1 aliphatic rings. The van der Waals surface area contributed by atoms with Gasteiger partial charge >= 0.3 is 0 Å². The smallest absolute Gasteiger partial charge is 0.263 e. The fourth-order valence-corrected chi connectivity index (χ4v) is 3.27. The molecule has 0 unspecified atom stereocenters. The van der Waals surface area contributed by atoms with Crippen LogP contribution in [-0.2, 0) is 4.79 Å². The van der Waals surface area contributed by atoms with Crippen LogP contribution in [0.25, 0.3) is 0 Å². The summed E-state index contributed by atoms with van der Waals surface area (Å²) in [6.07, 6.45) is -0.545. The summed E-state index contributed by atoms with van der Waals surface area (Å²) in [7, 11) is 0. The summed E-state index contributed by atoms with van der Waals surface area (Å²) in [5.74, 6) is 0.594. The molecule has 0 N–H and O–H groups in total. The normalized spacial score (nSPS) is 15.8. The summed E-state index contributed by atoms with van der Waals surface area (Å²) in [5.41, 5.74) is 1.09. The summed E-state index contributed by atoms with van der Waals surface area (Å²) in [6.45, 7) is 4.64. The maximum absolute atomic E-state index is 12.6. The Balaban J connectivity index is 1.56. The number of carbonyl (C=O) groups excluding carboxylic acids is 1. The van der Waals surface area contributed by atoms with E-state index in [-0.39, 0.29) is 5.91 Å². The van der Waals surface area contributed by atoms with Crippen molar-refractivity contribution in [2.75, 3.05) is 31.1 Å². The Labute approximate surface area is 157 Å². The zero-order chi connectivity index (χ0) is 17.8. The van der Waals surface area contributed by atoms with E-state index >= 15 is 0 Å². The third-order valence-electron chi connectivity index (χ3n) is 4.22. The molecule has 1 fully saturated rings. The number of rotatable bonds is 4. The van der Waals surface area contributed by atoms with Crippen molar-refractivity contribution in [2.45, 2.75) is 13.0 Å². The number of carbonyl (C=O) groups is 1. The van der Waals surface area contributed by atoms with E-state index < -0.39 is 6.10 Å². The molecule has 1 aliphatic heterocycles. The first-order valence-electron chi connectivity index (χ1n) is 8.24. The van der Waals surface area contributed by atoms with Crippen molar-refractivity contribution in [1.29, 1.82) is 0 Å². The predicted octanol–water partition coefficient (Wildman–Crippen LogP) is 4.11. The molecule has 2 aromatic rings. The van der Waals surface area contributed by atoms with Gasteiger partial charge in [-0.25, -0.2) is 0 Å². The van der Waals surface area contributed by atoms with Gasteiger partial charge in [-0.3, -0.25) is 4.79 Å². The zero-order valence-electron chi connectivity index (χ0n) is 14.0. The average molecular weight is 379 g/mol. The molecular formula is C19H20Cl2N2O2. The fraction of sp³-hybridized carbons (Fsp3) is 0.316. The molecule has 0 spiro atoms. The van der Waals surface area contributed by atoms with Crippen LogP contribution in [0.2, 0.25) is 10.0 Å². The number of benzene rings is 2. The molecule has 1 atom stereocenters. The third-order valence-corrected chi connectivity index (χ3v) is 4.69. The Bertz CT molecular complexity index is 746. The summed E-state index contributed by atoms with van der Waals surface area (Å²) in [6, 6.07) is 14.9. The Morgan fingerprint density at radius 2 is 1.64 bits per heavy atom. The minimum atomic E-state index is -0.545. The number of amides is 1. The Morgan fingerprint density at radius 3 is 2.28 bits per heavy atom. The van der Waals surface area contributed by atoms with E-state index in [9.17, 15) is 4.79 Å². The molecule has 4 nitrogen and oxygen atoms in total. The van der Waals surface area contributed by atoms with Crippen LogP contribution in [0, 0.1) is 0 Å². The Hall–Kier alpha value is -1.91. The lowest BCUT2D eigenvalue weighted by Gasteiger charge is -2.37. The van der Waals surface area contributed by atoms with Gasteiger partial charge in [0.05, 0.1) is 0 Å². The van der Waals surface area contributed by atoms with Gasteiger partial charge in [-0.1, -0.05) is 35.3 Å². The summed E-state index contributed by atoms with van der Waals surface area (Å²) < 4.78 is 5.73. The predicted molar refractivity (Wildman–Crippen MR) is 102 cm³/mol. The largest absolute Gasteiger partial charge is 0.481 e. The van der Waals surface area contributed by atoms with Crippen molar-refractivity contribution < 1.29 is 9.53 Å². The van der Waals surface area contributed by atoms with E-state index in [0.717, 1.165) is 23.8 Å². The number of ether oxygens (including phenoxy) is 1. The molecule has 0 aromatic heterocycles. The van der Waals surface area contributed by atoms with Crippen molar-refractivity contribution in [3.05, 3.63) is 58.6 Å². The molecule has 0 aliphatic carbocycles. The monoisotopic (exact) mass is 378 g/mol. The second kappa shape index (κ2) is 7.98. The van der Waals surface area contributed by atoms with E-state index in [1.54, 1.807) is 31.2 Å². The van der Waals surface area contributed by atoms with Crippen LogP contribution in [0.4, 0.5) is 5.69 Å². The van der Waals surface area contributed by atoms with Crippen molar-refractivity contribution in [2.24, 2.45) is 0 Å². The van der Waals surface area contributed by atoms with Gasteiger partial charge in [0.1, 0.15) is 5.75 Å². The van der Waals surface area contributed by atoms with Crippen LogP contribution >= 0.6 is 23.2 Å². The van der Waals surface area contributed by atoms with Gasteiger partial charge in [0, 0.05) is 41.9 Å². The lowest BCUT2D eigenvalue weighted by molar-refractivity contribution is -0.138. The second-order valence-corrected chi connectivity index (χ2v) is 6.88. The molecule has 132 valence electrons. The van der Waals surface area contributed by atoms with E-state index in [4.69, 9.17) is 27.9 Å². The Morgan fingerprint density at radius 1 is 1.00 bits per heavy atom. The van der Waals surface area contributed by atoms with Gasteiger partial charge in [-0.2, -0.15) is 0 Å². The number of hydrogen-bond acceptors (Lipinski definition) is 3. The highest BCUT2D eigenvalue weighted by atomic mass is 35.5. The summed E-state index contributed by atoms with van der Waals surface area (Å²) in [4.78, 5) is 16.7. The summed E-state index contributed by atoms with van der Waals surface area (Å²) in [5, 5.41) is 1.31. The van der Waals surface area contributed by atoms with E-state index in [0.29, 0.717) is 23.9 Å². The first kappa shape index (κ1) is 17.9. The van der Waals surface area contributed by atoms with E-state index in [1.165, 1.54) is 0 Å². The minimum absolute atomic E-state index is 0.00859. The molecule has 0 bridgehead atoms. The van der Waals surface area contributed by atoms with Crippen LogP contribution < -0.4 is 9.64 Å². The van der Waals surface area contributed by atoms with Crippen molar-refractivity contribution in [1.82, 2.24) is 4.90 Å². The van der Waals surface area contributed by atoms with Crippen LogP contribution in [0.5, 0.6) is 5.75 Å². The van der Waals surface area contributed by atoms with Crippen molar-refractivity contribution >= 4 is 34.8 Å². The molecule has 0 radical (unpaired) electrons. The molecule has 25 heavy (non-hydrogen) atoms. The molecule has 6 heteroatoms. The quantitative estimate of drug-likeness (QED) is 0.802. The lowest BCUT2D eigenvalue weighted by atomic mass is 10.2. The maximum atomic E-state index is 12.6. The highest BCUT2D eigenvalue weighted by Crippen LogP contribution is 2.22. The fourth-order valence-electron chi connectivity index (χ4n) is 2.91. The second-order valence-electron chi connectivity index (χ2n) is 6.01. The highest BCUT2D eigenvalue weighted by molar-refractivity contribution is 6.31.